The normalized spacial score (nSPS) is 23.3. The van der Waals surface area contributed by atoms with Gasteiger partial charge in [-0.05, 0) is 37.0 Å². The Morgan fingerprint density at radius 3 is 2.59 bits per heavy atom. The lowest BCUT2D eigenvalue weighted by molar-refractivity contribution is -0.134. The van der Waals surface area contributed by atoms with Crippen LogP contribution in [0.3, 0.4) is 0 Å². The zero-order chi connectivity index (χ0) is 15.5. The minimum atomic E-state index is -0.245. The molecular weight excluding hydrogens is 280 g/mol. The van der Waals surface area contributed by atoms with E-state index in [1.165, 1.54) is 0 Å². The summed E-state index contributed by atoms with van der Waals surface area (Å²) in [5.74, 6) is -0.457. The van der Waals surface area contributed by atoms with E-state index in [0.29, 0.717) is 12.8 Å². The Hall–Kier alpha value is -2.17. The molecule has 0 aromatic heterocycles. The maximum atomic E-state index is 12.0. The van der Waals surface area contributed by atoms with Crippen molar-refractivity contribution in [3.63, 3.8) is 0 Å². The average molecular weight is 300 g/mol. The zero-order valence-corrected chi connectivity index (χ0v) is 12.5. The molecule has 3 rings (SSSR count). The van der Waals surface area contributed by atoms with E-state index >= 15 is 0 Å². The summed E-state index contributed by atoms with van der Waals surface area (Å²) in [6.45, 7) is 1.73. The summed E-state index contributed by atoms with van der Waals surface area (Å²) in [6.07, 6.45) is 3.78. The zero-order valence-electron chi connectivity index (χ0n) is 12.5. The van der Waals surface area contributed by atoms with Gasteiger partial charge in [0.05, 0.1) is 5.92 Å². The second-order valence-corrected chi connectivity index (χ2v) is 6.06. The molecule has 2 saturated heterocycles. The first kappa shape index (κ1) is 14.8. The first-order chi connectivity index (χ1) is 10.7. The van der Waals surface area contributed by atoms with Crippen molar-refractivity contribution in [3.05, 3.63) is 29.8 Å². The van der Waals surface area contributed by atoms with Gasteiger partial charge in [0.1, 0.15) is 6.29 Å². The summed E-state index contributed by atoms with van der Waals surface area (Å²) in [6, 6.07) is 7.99. The molecule has 0 radical (unpaired) electrons. The van der Waals surface area contributed by atoms with Crippen LogP contribution >= 0.6 is 0 Å². The van der Waals surface area contributed by atoms with Gasteiger partial charge >= 0.3 is 0 Å². The van der Waals surface area contributed by atoms with Crippen LogP contribution in [0, 0.1) is 5.92 Å². The van der Waals surface area contributed by atoms with Crippen molar-refractivity contribution in [2.24, 2.45) is 5.92 Å². The van der Waals surface area contributed by atoms with Gasteiger partial charge in [-0.2, -0.15) is 0 Å². The molecule has 5 heteroatoms. The van der Waals surface area contributed by atoms with Crippen molar-refractivity contribution >= 4 is 23.8 Å². The molecule has 1 N–H and O–H groups in total. The molecule has 0 aliphatic carbocycles. The van der Waals surface area contributed by atoms with Gasteiger partial charge in [0.2, 0.25) is 11.8 Å². The minimum Gasteiger partial charge on any atom is -0.371 e. The number of aldehydes is 1. The molecule has 0 saturated carbocycles. The Kier molecular flexibility index (Phi) is 4.22. The van der Waals surface area contributed by atoms with E-state index in [0.717, 1.165) is 43.5 Å². The third-order valence-corrected chi connectivity index (χ3v) is 4.61. The van der Waals surface area contributed by atoms with Gasteiger partial charge in [0.15, 0.2) is 0 Å². The quantitative estimate of drug-likeness (QED) is 0.680. The van der Waals surface area contributed by atoms with Crippen LogP contribution in [0.15, 0.2) is 24.3 Å². The number of benzene rings is 1. The predicted molar refractivity (Wildman–Crippen MR) is 82.6 cm³/mol. The van der Waals surface area contributed by atoms with E-state index in [2.05, 4.69) is 10.2 Å². The van der Waals surface area contributed by atoms with Gasteiger partial charge < -0.3 is 9.69 Å². The molecule has 116 valence electrons. The molecule has 0 spiro atoms. The number of carbonyl (C=O) groups is 3. The SMILES string of the molecule is O=CC1CCN(c2cccc([C@H]3CCC(=O)NC3=O)c2)CC1. The molecular formula is C17H20N2O3. The number of piperidine rings is 2. The van der Waals surface area contributed by atoms with E-state index in [1.54, 1.807) is 0 Å². The predicted octanol–water partition coefficient (Wildman–Crippen LogP) is 1.62. The van der Waals surface area contributed by atoms with Crippen LogP contribution < -0.4 is 10.2 Å². The third kappa shape index (κ3) is 3.03. The summed E-state index contributed by atoms with van der Waals surface area (Å²) in [5, 5.41) is 2.41. The summed E-state index contributed by atoms with van der Waals surface area (Å²) >= 11 is 0. The van der Waals surface area contributed by atoms with Crippen LogP contribution in [0.5, 0.6) is 0 Å². The molecule has 2 fully saturated rings. The van der Waals surface area contributed by atoms with Crippen molar-refractivity contribution in [1.82, 2.24) is 5.32 Å². The lowest BCUT2D eigenvalue weighted by Crippen LogP contribution is -2.39. The number of anilines is 1. The summed E-state index contributed by atoms with van der Waals surface area (Å²) in [4.78, 5) is 36.3. The number of carbonyl (C=O) groups excluding carboxylic acids is 3. The van der Waals surface area contributed by atoms with E-state index in [-0.39, 0.29) is 23.7 Å². The van der Waals surface area contributed by atoms with E-state index in [9.17, 15) is 14.4 Å². The number of rotatable bonds is 3. The molecule has 2 heterocycles. The topological polar surface area (TPSA) is 66.5 Å². The monoisotopic (exact) mass is 300 g/mol. The third-order valence-electron chi connectivity index (χ3n) is 4.61. The van der Waals surface area contributed by atoms with Gasteiger partial charge in [-0.3, -0.25) is 14.9 Å². The molecule has 1 aromatic carbocycles. The summed E-state index contributed by atoms with van der Waals surface area (Å²) < 4.78 is 0. The van der Waals surface area contributed by atoms with E-state index < -0.39 is 0 Å². The second kappa shape index (κ2) is 6.30. The van der Waals surface area contributed by atoms with Crippen LogP contribution in [-0.2, 0) is 14.4 Å². The van der Waals surface area contributed by atoms with Crippen molar-refractivity contribution in [3.8, 4) is 0 Å². The highest BCUT2D eigenvalue weighted by Crippen LogP contribution is 2.29. The molecule has 1 atom stereocenters. The first-order valence-corrected chi connectivity index (χ1v) is 7.81. The van der Waals surface area contributed by atoms with Crippen molar-refractivity contribution in [2.45, 2.75) is 31.6 Å². The van der Waals surface area contributed by atoms with Gasteiger partial charge in [-0.1, -0.05) is 12.1 Å². The van der Waals surface area contributed by atoms with Crippen molar-refractivity contribution < 1.29 is 14.4 Å². The number of nitrogens with zero attached hydrogens (tertiary/aromatic N) is 1. The fourth-order valence-electron chi connectivity index (χ4n) is 3.24. The number of hydrogen-bond acceptors (Lipinski definition) is 4. The Bertz CT molecular complexity index is 591. The molecule has 2 aliphatic heterocycles. The molecule has 5 nitrogen and oxygen atoms in total. The largest absolute Gasteiger partial charge is 0.371 e. The standard InChI is InChI=1S/C17H20N2O3/c20-11-12-6-8-19(9-7-12)14-3-1-2-13(10-14)15-4-5-16(21)18-17(15)22/h1-3,10-12,15H,4-9H2,(H,18,21,22)/t15-/m1/s1. The highest BCUT2D eigenvalue weighted by atomic mass is 16.2. The number of imide groups is 1. The smallest absolute Gasteiger partial charge is 0.234 e. The summed E-state index contributed by atoms with van der Waals surface area (Å²) in [5.41, 5.74) is 2.05. The molecule has 22 heavy (non-hydrogen) atoms. The van der Waals surface area contributed by atoms with Gasteiger partial charge in [0.25, 0.3) is 0 Å². The first-order valence-electron chi connectivity index (χ1n) is 7.81. The highest BCUT2D eigenvalue weighted by molar-refractivity contribution is 6.01. The van der Waals surface area contributed by atoms with E-state index in [4.69, 9.17) is 0 Å². The maximum Gasteiger partial charge on any atom is 0.234 e. The number of hydrogen-bond donors (Lipinski definition) is 1. The van der Waals surface area contributed by atoms with Crippen LogP contribution in [-0.4, -0.2) is 31.2 Å². The van der Waals surface area contributed by atoms with Gasteiger partial charge in [-0.15, -0.1) is 0 Å². The van der Waals surface area contributed by atoms with Crippen molar-refractivity contribution in [1.29, 1.82) is 0 Å². The van der Waals surface area contributed by atoms with E-state index in [1.807, 2.05) is 24.3 Å². The second-order valence-electron chi connectivity index (χ2n) is 6.06. The Morgan fingerprint density at radius 2 is 1.91 bits per heavy atom. The number of nitrogens with one attached hydrogen (secondary N) is 1. The maximum absolute atomic E-state index is 12.0. The van der Waals surface area contributed by atoms with Gasteiger partial charge in [0, 0.05) is 31.1 Å². The van der Waals surface area contributed by atoms with Gasteiger partial charge in [-0.25, -0.2) is 0 Å². The Morgan fingerprint density at radius 1 is 1.14 bits per heavy atom. The van der Waals surface area contributed by atoms with Crippen LogP contribution in [0.25, 0.3) is 0 Å². The minimum absolute atomic E-state index is 0.176. The lowest BCUT2D eigenvalue weighted by Gasteiger charge is -2.32. The average Bonchev–Trinajstić information content (AvgIpc) is 2.55. The van der Waals surface area contributed by atoms with Crippen LogP contribution in [0.2, 0.25) is 0 Å². The van der Waals surface area contributed by atoms with Crippen molar-refractivity contribution in [2.75, 3.05) is 18.0 Å². The molecule has 1 aromatic rings. The Balaban J connectivity index is 1.74. The molecule has 2 amide bonds. The molecule has 0 unspecified atom stereocenters. The Labute approximate surface area is 129 Å². The number of amides is 2. The van der Waals surface area contributed by atoms with Crippen LogP contribution in [0.4, 0.5) is 5.69 Å². The fraction of sp³-hybridized carbons (Fsp3) is 0.471. The highest BCUT2D eigenvalue weighted by Gasteiger charge is 2.28. The molecule has 2 aliphatic rings. The van der Waals surface area contributed by atoms with Crippen LogP contribution in [0.1, 0.15) is 37.2 Å². The summed E-state index contributed by atoms with van der Waals surface area (Å²) in [7, 11) is 0. The molecule has 0 bridgehead atoms. The lowest BCUT2D eigenvalue weighted by atomic mass is 9.90. The fourth-order valence-corrected chi connectivity index (χ4v) is 3.24.